The first-order chi connectivity index (χ1) is 12.2. The second kappa shape index (κ2) is 7.48. The number of halogens is 3. The molecule has 0 spiro atoms. The summed E-state index contributed by atoms with van der Waals surface area (Å²) in [5.74, 6) is -1.48. The van der Waals surface area contributed by atoms with Gasteiger partial charge in [0.05, 0.1) is 16.7 Å². The van der Waals surface area contributed by atoms with Crippen molar-refractivity contribution in [2.45, 2.75) is 49.8 Å². The van der Waals surface area contributed by atoms with Gasteiger partial charge < -0.3 is 15.2 Å². The van der Waals surface area contributed by atoms with Gasteiger partial charge in [-0.15, -0.1) is 0 Å². The molecule has 5 nitrogen and oxygen atoms in total. The molecule has 1 saturated heterocycles. The number of amides is 1. The Morgan fingerprint density at radius 1 is 1.31 bits per heavy atom. The van der Waals surface area contributed by atoms with Gasteiger partial charge in [0, 0.05) is 0 Å². The lowest BCUT2D eigenvalue weighted by Gasteiger charge is -2.17. The molecular formula is C17H18F3NO4S. The highest BCUT2D eigenvalue weighted by Crippen LogP contribution is 2.38. The normalized spacial score (nSPS) is 23.9. The number of esters is 1. The number of rotatable bonds is 4. The fourth-order valence-corrected chi connectivity index (χ4v) is 4.14. The average Bonchev–Trinajstić information content (AvgIpc) is 3.18. The molecule has 1 aliphatic carbocycles. The maximum Gasteiger partial charge on any atom is 0.419 e. The predicted molar refractivity (Wildman–Crippen MR) is 88.7 cm³/mol. The molecule has 2 atom stereocenters. The molecule has 2 aliphatic rings. The third kappa shape index (κ3) is 4.32. The molecule has 9 heteroatoms. The van der Waals surface area contributed by atoms with Gasteiger partial charge in [-0.3, -0.25) is 9.59 Å². The number of thioether (sulfide) groups is 1. The highest BCUT2D eigenvalue weighted by Gasteiger charge is 2.37. The van der Waals surface area contributed by atoms with Crippen LogP contribution in [0, 0.1) is 5.92 Å². The molecule has 142 valence electrons. The smallest absolute Gasteiger partial charge is 0.419 e. The van der Waals surface area contributed by atoms with E-state index in [4.69, 9.17) is 4.74 Å². The van der Waals surface area contributed by atoms with Crippen LogP contribution in [-0.4, -0.2) is 27.8 Å². The van der Waals surface area contributed by atoms with Crippen molar-refractivity contribution in [1.29, 1.82) is 0 Å². The van der Waals surface area contributed by atoms with Gasteiger partial charge >= 0.3 is 12.1 Å². The van der Waals surface area contributed by atoms with Gasteiger partial charge in [0.2, 0.25) is 0 Å². The van der Waals surface area contributed by atoms with Gasteiger partial charge in [-0.2, -0.15) is 13.2 Å². The first-order valence-corrected chi connectivity index (χ1v) is 9.19. The molecule has 1 aliphatic heterocycles. The van der Waals surface area contributed by atoms with E-state index in [-0.39, 0.29) is 12.3 Å². The van der Waals surface area contributed by atoms with Crippen LogP contribution in [0.1, 0.15) is 36.8 Å². The maximum atomic E-state index is 13.4. The molecule has 0 aromatic heterocycles. The van der Waals surface area contributed by atoms with Gasteiger partial charge in [0.15, 0.2) is 0 Å². The molecule has 1 heterocycles. The van der Waals surface area contributed by atoms with Gasteiger partial charge in [0.1, 0.15) is 12.0 Å². The standard InChI is InChI=1S/C17H18F3NO4S/c18-17(19,20)11-7-9(8-13-14(22)21-16(24)26-13)5-6-12(11)25-15(23)10-3-1-2-4-10/h5-7,10,13-14,22H,1-4,8H2,(H,21,24). The number of nitrogens with one attached hydrogen (secondary N) is 1. The number of ether oxygens (including phenoxy) is 1. The van der Waals surface area contributed by atoms with Crippen molar-refractivity contribution in [1.82, 2.24) is 5.32 Å². The zero-order valence-electron chi connectivity index (χ0n) is 13.7. The summed E-state index contributed by atoms with van der Waals surface area (Å²) in [7, 11) is 0. The summed E-state index contributed by atoms with van der Waals surface area (Å²) in [6.45, 7) is 0. The third-order valence-corrected chi connectivity index (χ3v) is 5.62. The monoisotopic (exact) mass is 389 g/mol. The van der Waals surface area contributed by atoms with E-state index in [1.54, 1.807) is 0 Å². The molecule has 1 amide bonds. The molecule has 0 radical (unpaired) electrons. The van der Waals surface area contributed by atoms with Crippen LogP contribution in [-0.2, 0) is 17.4 Å². The van der Waals surface area contributed by atoms with Crippen LogP contribution in [0.5, 0.6) is 5.75 Å². The predicted octanol–water partition coefficient (Wildman–Crippen LogP) is 3.49. The van der Waals surface area contributed by atoms with Crippen molar-refractivity contribution < 1.29 is 32.6 Å². The Hall–Kier alpha value is -1.74. The minimum atomic E-state index is -4.68. The maximum absolute atomic E-state index is 13.4. The largest absolute Gasteiger partial charge is 0.426 e. The van der Waals surface area contributed by atoms with Crippen LogP contribution in [0.25, 0.3) is 0 Å². The number of benzene rings is 1. The molecule has 1 aromatic carbocycles. The van der Waals surface area contributed by atoms with Crippen molar-refractivity contribution in [2.24, 2.45) is 5.92 Å². The second-order valence-electron chi connectivity index (χ2n) is 6.47. The highest BCUT2D eigenvalue weighted by molar-refractivity contribution is 8.14. The molecule has 3 rings (SSSR count). The summed E-state index contributed by atoms with van der Waals surface area (Å²) in [5.41, 5.74) is -0.732. The molecule has 0 bridgehead atoms. The fourth-order valence-electron chi connectivity index (χ4n) is 3.20. The van der Waals surface area contributed by atoms with Crippen molar-refractivity contribution in [3.05, 3.63) is 29.3 Å². The average molecular weight is 389 g/mol. The van der Waals surface area contributed by atoms with E-state index in [2.05, 4.69) is 5.32 Å². The van der Waals surface area contributed by atoms with Gasteiger partial charge in [-0.1, -0.05) is 30.7 Å². The Labute approximate surface area is 152 Å². The number of hydrogen-bond acceptors (Lipinski definition) is 5. The fraction of sp³-hybridized carbons (Fsp3) is 0.529. The second-order valence-corrected chi connectivity index (χ2v) is 7.68. The summed E-state index contributed by atoms with van der Waals surface area (Å²) in [5, 5.41) is 11.0. The van der Waals surface area contributed by atoms with Gasteiger partial charge in [-0.05, 0) is 37.0 Å². The summed E-state index contributed by atoms with van der Waals surface area (Å²) in [6.07, 6.45) is -2.70. The minimum Gasteiger partial charge on any atom is -0.426 e. The van der Waals surface area contributed by atoms with Crippen LogP contribution in [0.4, 0.5) is 18.0 Å². The lowest BCUT2D eigenvalue weighted by atomic mass is 10.0. The summed E-state index contributed by atoms with van der Waals surface area (Å²) in [6, 6.07) is 3.46. The molecule has 1 aromatic rings. The Balaban J connectivity index is 1.79. The number of carbonyl (C=O) groups is 2. The summed E-state index contributed by atoms with van der Waals surface area (Å²) < 4.78 is 45.2. The quantitative estimate of drug-likeness (QED) is 0.609. The number of alkyl halides is 3. The lowest BCUT2D eigenvalue weighted by Crippen LogP contribution is -2.31. The highest BCUT2D eigenvalue weighted by atomic mass is 32.2. The van der Waals surface area contributed by atoms with Crippen molar-refractivity contribution in [3.8, 4) is 5.75 Å². The Kier molecular flexibility index (Phi) is 5.47. The van der Waals surface area contributed by atoms with E-state index in [1.165, 1.54) is 6.07 Å². The van der Waals surface area contributed by atoms with E-state index >= 15 is 0 Å². The topological polar surface area (TPSA) is 75.6 Å². The van der Waals surface area contributed by atoms with E-state index in [1.807, 2.05) is 0 Å². The van der Waals surface area contributed by atoms with Crippen LogP contribution < -0.4 is 10.1 Å². The van der Waals surface area contributed by atoms with E-state index < -0.39 is 40.2 Å². The van der Waals surface area contributed by atoms with Crippen molar-refractivity contribution in [2.75, 3.05) is 0 Å². The van der Waals surface area contributed by atoms with Crippen LogP contribution in [0.15, 0.2) is 18.2 Å². The first kappa shape index (κ1) is 19.0. The van der Waals surface area contributed by atoms with Crippen LogP contribution >= 0.6 is 11.8 Å². The van der Waals surface area contributed by atoms with Gasteiger partial charge in [-0.25, -0.2) is 0 Å². The number of aliphatic hydroxyl groups excluding tert-OH is 1. The molecule has 2 unspecified atom stereocenters. The lowest BCUT2D eigenvalue weighted by molar-refractivity contribution is -0.144. The number of carbonyl (C=O) groups excluding carboxylic acids is 2. The Morgan fingerprint density at radius 2 is 2.00 bits per heavy atom. The van der Waals surface area contributed by atoms with Gasteiger partial charge in [0.25, 0.3) is 5.24 Å². The van der Waals surface area contributed by atoms with Crippen molar-refractivity contribution in [3.63, 3.8) is 0 Å². The van der Waals surface area contributed by atoms with Crippen LogP contribution in [0.3, 0.4) is 0 Å². The number of aliphatic hydroxyl groups is 1. The molecule has 1 saturated carbocycles. The summed E-state index contributed by atoms with van der Waals surface area (Å²) >= 11 is 0.847. The molecule has 2 fully saturated rings. The summed E-state index contributed by atoms with van der Waals surface area (Å²) in [4.78, 5) is 23.3. The first-order valence-electron chi connectivity index (χ1n) is 8.31. The molecule has 2 N–H and O–H groups in total. The Bertz CT molecular complexity index is 704. The van der Waals surface area contributed by atoms with E-state index in [0.29, 0.717) is 18.4 Å². The number of hydrogen-bond donors (Lipinski definition) is 2. The SMILES string of the molecule is O=C1NC(O)C(Cc2ccc(OC(=O)C3CCCC3)c(C(F)(F)F)c2)S1. The van der Waals surface area contributed by atoms with E-state index in [9.17, 15) is 27.9 Å². The zero-order valence-corrected chi connectivity index (χ0v) is 14.5. The molecular weight excluding hydrogens is 371 g/mol. The van der Waals surface area contributed by atoms with Crippen LogP contribution in [0.2, 0.25) is 0 Å². The van der Waals surface area contributed by atoms with E-state index in [0.717, 1.165) is 36.7 Å². The van der Waals surface area contributed by atoms with Crippen molar-refractivity contribution >= 4 is 23.0 Å². The Morgan fingerprint density at radius 3 is 2.58 bits per heavy atom. The minimum absolute atomic E-state index is 0.0739. The molecule has 26 heavy (non-hydrogen) atoms. The third-order valence-electron chi connectivity index (χ3n) is 4.56. The zero-order chi connectivity index (χ0) is 18.9.